The predicted octanol–water partition coefficient (Wildman–Crippen LogP) is 2.91. The molecule has 126 valence electrons. The number of para-hydroxylation sites is 1. The summed E-state index contributed by atoms with van der Waals surface area (Å²) in [6.07, 6.45) is 8.39. The molecule has 2 aromatic rings. The molecule has 1 unspecified atom stereocenters. The maximum atomic E-state index is 12.6. The molecule has 24 heavy (non-hydrogen) atoms. The molecule has 2 fully saturated rings. The van der Waals surface area contributed by atoms with Crippen LogP contribution in [-0.2, 0) is 4.79 Å². The number of nitrogens with zero attached hydrogens (tertiary/aromatic N) is 3. The number of carbonyl (C=O) groups excluding carboxylic acids is 1. The van der Waals surface area contributed by atoms with Gasteiger partial charge in [-0.05, 0) is 37.8 Å². The third-order valence-electron chi connectivity index (χ3n) is 5.32. The number of fused-ring (bicyclic) bond motifs is 1. The summed E-state index contributed by atoms with van der Waals surface area (Å²) in [7, 11) is 0. The van der Waals surface area contributed by atoms with Gasteiger partial charge in [0.15, 0.2) is 0 Å². The van der Waals surface area contributed by atoms with Gasteiger partial charge in [-0.3, -0.25) is 4.79 Å². The normalized spacial score (nSPS) is 22.0. The van der Waals surface area contributed by atoms with Gasteiger partial charge in [0.2, 0.25) is 5.91 Å². The van der Waals surface area contributed by atoms with Crippen molar-refractivity contribution in [3.8, 4) is 0 Å². The van der Waals surface area contributed by atoms with Crippen LogP contribution in [0, 0.1) is 5.92 Å². The van der Waals surface area contributed by atoms with Crippen molar-refractivity contribution in [2.24, 2.45) is 5.92 Å². The highest BCUT2D eigenvalue weighted by Gasteiger charge is 2.29. The summed E-state index contributed by atoms with van der Waals surface area (Å²) < 4.78 is 0. The number of amides is 1. The van der Waals surface area contributed by atoms with E-state index in [1.54, 1.807) is 6.33 Å². The third-order valence-corrected chi connectivity index (χ3v) is 5.32. The summed E-state index contributed by atoms with van der Waals surface area (Å²) in [5.74, 6) is 1.25. The van der Waals surface area contributed by atoms with Crippen LogP contribution >= 0.6 is 0 Å². The zero-order chi connectivity index (χ0) is 16.4. The van der Waals surface area contributed by atoms with E-state index in [9.17, 15) is 4.79 Å². The predicted molar refractivity (Wildman–Crippen MR) is 94.9 cm³/mol. The first-order chi connectivity index (χ1) is 11.8. The van der Waals surface area contributed by atoms with E-state index in [4.69, 9.17) is 0 Å². The summed E-state index contributed by atoms with van der Waals surface area (Å²) in [5.41, 5.74) is 0.958. The quantitative estimate of drug-likeness (QED) is 0.943. The highest BCUT2D eigenvalue weighted by atomic mass is 16.2. The van der Waals surface area contributed by atoms with Crippen LogP contribution < -0.4 is 10.2 Å². The van der Waals surface area contributed by atoms with Gasteiger partial charge in [0.05, 0.1) is 11.4 Å². The van der Waals surface area contributed by atoms with E-state index < -0.39 is 0 Å². The Bertz CT molecular complexity index is 721. The number of aromatic nitrogens is 2. The van der Waals surface area contributed by atoms with E-state index in [1.165, 1.54) is 12.8 Å². The molecule has 1 amide bonds. The van der Waals surface area contributed by atoms with Gasteiger partial charge < -0.3 is 10.2 Å². The summed E-state index contributed by atoms with van der Waals surface area (Å²) in [5, 5.41) is 4.33. The Labute approximate surface area is 142 Å². The second kappa shape index (κ2) is 6.75. The van der Waals surface area contributed by atoms with Crippen molar-refractivity contribution in [3.05, 3.63) is 30.6 Å². The standard InChI is InChI=1S/C19H24N4O/c24-19(22-15-7-1-2-8-15)14-6-5-11-23(12-14)18-16-9-3-4-10-17(16)20-13-21-18/h3-4,9-10,13-15H,1-2,5-8,11-12H2,(H,22,24). The average Bonchev–Trinajstić information content (AvgIpc) is 3.14. The molecule has 1 aromatic carbocycles. The lowest BCUT2D eigenvalue weighted by Gasteiger charge is -2.33. The fourth-order valence-corrected chi connectivity index (χ4v) is 4.02. The summed E-state index contributed by atoms with van der Waals surface area (Å²) in [4.78, 5) is 23.7. The van der Waals surface area contributed by atoms with Crippen molar-refractivity contribution in [1.29, 1.82) is 0 Å². The van der Waals surface area contributed by atoms with Gasteiger partial charge in [-0.15, -0.1) is 0 Å². The van der Waals surface area contributed by atoms with E-state index in [1.807, 2.05) is 18.2 Å². The Morgan fingerprint density at radius 1 is 1.08 bits per heavy atom. The maximum absolute atomic E-state index is 12.6. The number of carbonyl (C=O) groups is 1. The van der Waals surface area contributed by atoms with Crippen LogP contribution in [0.2, 0.25) is 0 Å². The van der Waals surface area contributed by atoms with E-state index in [2.05, 4.69) is 26.3 Å². The molecule has 1 saturated heterocycles. The molecule has 4 rings (SSSR count). The van der Waals surface area contributed by atoms with Gasteiger partial charge in [0.1, 0.15) is 12.1 Å². The minimum atomic E-state index is 0.0630. The second-order valence-electron chi connectivity index (χ2n) is 6.99. The lowest BCUT2D eigenvalue weighted by atomic mass is 9.96. The van der Waals surface area contributed by atoms with Gasteiger partial charge in [-0.1, -0.05) is 25.0 Å². The van der Waals surface area contributed by atoms with Crippen molar-refractivity contribution < 1.29 is 4.79 Å². The lowest BCUT2D eigenvalue weighted by Crippen LogP contribution is -2.45. The van der Waals surface area contributed by atoms with Crippen LogP contribution in [0.1, 0.15) is 38.5 Å². The summed E-state index contributed by atoms with van der Waals surface area (Å²) in [6, 6.07) is 8.48. The summed E-state index contributed by atoms with van der Waals surface area (Å²) >= 11 is 0. The van der Waals surface area contributed by atoms with Gasteiger partial charge in [0.25, 0.3) is 0 Å². The fraction of sp³-hybridized carbons (Fsp3) is 0.526. The summed E-state index contributed by atoms with van der Waals surface area (Å²) in [6.45, 7) is 1.70. The van der Waals surface area contributed by atoms with E-state index in [0.717, 1.165) is 55.5 Å². The Kier molecular flexibility index (Phi) is 4.32. The Hall–Kier alpha value is -2.17. The van der Waals surface area contributed by atoms with Crippen molar-refractivity contribution in [2.45, 2.75) is 44.6 Å². The van der Waals surface area contributed by atoms with Crippen LogP contribution in [0.3, 0.4) is 0 Å². The molecule has 5 heteroatoms. The van der Waals surface area contributed by atoms with Gasteiger partial charge in [0, 0.05) is 24.5 Å². The molecule has 1 aliphatic heterocycles. The maximum Gasteiger partial charge on any atom is 0.225 e. The monoisotopic (exact) mass is 324 g/mol. The topological polar surface area (TPSA) is 58.1 Å². The highest BCUT2D eigenvalue weighted by molar-refractivity contribution is 5.89. The van der Waals surface area contributed by atoms with Gasteiger partial charge in [-0.25, -0.2) is 9.97 Å². The van der Waals surface area contributed by atoms with Crippen molar-refractivity contribution in [2.75, 3.05) is 18.0 Å². The first-order valence-corrected chi connectivity index (χ1v) is 9.06. The first kappa shape index (κ1) is 15.4. The van der Waals surface area contributed by atoms with Gasteiger partial charge in [-0.2, -0.15) is 0 Å². The minimum absolute atomic E-state index is 0.0630. The smallest absolute Gasteiger partial charge is 0.225 e. The van der Waals surface area contributed by atoms with Crippen LogP contribution in [0.15, 0.2) is 30.6 Å². The zero-order valence-corrected chi connectivity index (χ0v) is 13.9. The van der Waals surface area contributed by atoms with Crippen molar-refractivity contribution in [3.63, 3.8) is 0 Å². The van der Waals surface area contributed by atoms with E-state index >= 15 is 0 Å². The molecule has 0 radical (unpaired) electrons. The lowest BCUT2D eigenvalue weighted by molar-refractivity contribution is -0.125. The molecule has 1 N–H and O–H groups in total. The molecule has 5 nitrogen and oxygen atoms in total. The minimum Gasteiger partial charge on any atom is -0.355 e. The molecule has 0 bridgehead atoms. The largest absolute Gasteiger partial charge is 0.355 e. The van der Waals surface area contributed by atoms with E-state index in [-0.39, 0.29) is 11.8 Å². The molecule has 2 heterocycles. The Morgan fingerprint density at radius 2 is 1.92 bits per heavy atom. The molecular formula is C19H24N4O. The van der Waals surface area contributed by atoms with Crippen molar-refractivity contribution >= 4 is 22.6 Å². The number of anilines is 1. The number of piperidine rings is 1. The Balaban J connectivity index is 1.50. The highest BCUT2D eigenvalue weighted by Crippen LogP contribution is 2.28. The molecule has 2 aliphatic rings. The average molecular weight is 324 g/mol. The molecule has 1 saturated carbocycles. The van der Waals surface area contributed by atoms with Crippen LogP contribution in [0.4, 0.5) is 5.82 Å². The van der Waals surface area contributed by atoms with E-state index in [0.29, 0.717) is 6.04 Å². The first-order valence-electron chi connectivity index (χ1n) is 9.06. The fourth-order valence-electron chi connectivity index (χ4n) is 4.02. The van der Waals surface area contributed by atoms with Crippen LogP contribution in [0.5, 0.6) is 0 Å². The number of hydrogen-bond acceptors (Lipinski definition) is 4. The molecule has 0 spiro atoms. The Morgan fingerprint density at radius 3 is 2.79 bits per heavy atom. The SMILES string of the molecule is O=C(NC1CCCC1)C1CCCN(c2ncnc3ccccc23)C1. The number of benzene rings is 1. The number of nitrogens with one attached hydrogen (secondary N) is 1. The molecule has 1 aromatic heterocycles. The van der Waals surface area contributed by atoms with Crippen molar-refractivity contribution in [1.82, 2.24) is 15.3 Å². The third kappa shape index (κ3) is 3.07. The van der Waals surface area contributed by atoms with Crippen LogP contribution in [-0.4, -0.2) is 35.0 Å². The van der Waals surface area contributed by atoms with Crippen LogP contribution in [0.25, 0.3) is 10.9 Å². The molecule has 1 atom stereocenters. The molecular weight excluding hydrogens is 300 g/mol. The number of hydrogen-bond donors (Lipinski definition) is 1. The zero-order valence-electron chi connectivity index (χ0n) is 13.9. The second-order valence-corrected chi connectivity index (χ2v) is 6.99. The number of rotatable bonds is 3. The van der Waals surface area contributed by atoms with Gasteiger partial charge >= 0.3 is 0 Å². The molecule has 1 aliphatic carbocycles.